The van der Waals surface area contributed by atoms with E-state index in [1.165, 1.54) is 18.7 Å². The number of rotatable bonds is 7. The van der Waals surface area contributed by atoms with Crippen molar-refractivity contribution in [3.05, 3.63) is 60.2 Å². The van der Waals surface area contributed by atoms with Crippen molar-refractivity contribution >= 4 is 35.1 Å². The van der Waals surface area contributed by atoms with Gasteiger partial charge in [0.15, 0.2) is 12.4 Å². The minimum absolute atomic E-state index is 0.0886. The van der Waals surface area contributed by atoms with Gasteiger partial charge in [0.2, 0.25) is 0 Å². The van der Waals surface area contributed by atoms with Crippen LogP contribution >= 0.6 is 11.8 Å². The maximum Gasteiger partial charge on any atom is 0.319 e. The van der Waals surface area contributed by atoms with Crippen LogP contribution in [-0.2, 0) is 14.3 Å². The molecule has 1 amide bonds. The van der Waals surface area contributed by atoms with Crippen LogP contribution in [0, 0.1) is 0 Å². The summed E-state index contributed by atoms with van der Waals surface area (Å²) in [7, 11) is 0. The maximum atomic E-state index is 12.0. The second kappa shape index (κ2) is 9.03. The van der Waals surface area contributed by atoms with Gasteiger partial charge in [-0.15, -0.1) is 11.8 Å². The second-order valence-corrected chi connectivity index (χ2v) is 6.78. The van der Waals surface area contributed by atoms with E-state index in [1.807, 2.05) is 30.3 Å². The van der Waals surface area contributed by atoms with Crippen molar-refractivity contribution in [3.63, 3.8) is 0 Å². The molecule has 0 aliphatic heterocycles. The molecule has 2 rings (SSSR count). The molecular formula is C19H19NO4S. The number of hydrogen-bond acceptors (Lipinski definition) is 5. The number of amides is 1. The normalized spacial score (nSPS) is 11.4. The average molecular weight is 357 g/mol. The van der Waals surface area contributed by atoms with Crippen LogP contribution < -0.4 is 5.32 Å². The van der Waals surface area contributed by atoms with E-state index in [0.29, 0.717) is 11.3 Å². The first-order chi connectivity index (χ1) is 12.0. The zero-order valence-corrected chi connectivity index (χ0v) is 14.8. The molecule has 0 saturated carbocycles. The Bertz CT molecular complexity index is 761. The monoisotopic (exact) mass is 357 g/mol. The van der Waals surface area contributed by atoms with Crippen LogP contribution in [0.15, 0.2) is 59.5 Å². The molecule has 0 aliphatic rings. The highest BCUT2D eigenvalue weighted by Gasteiger charge is 2.17. The van der Waals surface area contributed by atoms with E-state index in [4.69, 9.17) is 4.74 Å². The molecule has 1 atom stereocenters. The van der Waals surface area contributed by atoms with Crippen molar-refractivity contribution < 1.29 is 19.1 Å². The van der Waals surface area contributed by atoms with E-state index < -0.39 is 17.1 Å². The van der Waals surface area contributed by atoms with Crippen molar-refractivity contribution in [1.29, 1.82) is 0 Å². The van der Waals surface area contributed by atoms with Gasteiger partial charge in [0, 0.05) is 16.1 Å². The lowest BCUT2D eigenvalue weighted by atomic mass is 10.1. The molecule has 2 aromatic carbocycles. The number of hydrogen-bond donors (Lipinski definition) is 1. The lowest BCUT2D eigenvalue weighted by Crippen LogP contribution is -2.24. The largest absolute Gasteiger partial charge is 0.455 e. The van der Waals surface area contributed by atoms with Crippen LogP contribution in [0.5, 0.6) is 0 Å². The summed E-state index contributed by atoms with van der Waals surface area (Å²) >= 11 is 1.37. The lowest BCUT2D eigenvalue weighted by molar-refractivity contribution is -0.146. The van der Waals surface area contributed by atoms with Gasteiger partial charge in [-0.05, 0) is 38.1 Å². The van der Waals surface area contributed by atoms with E-state index in [2.05, 4.69) is 5.32 Å². The summed E-state index contributed by atoms with van der Waals surface area (Å²) in [6.45, 7) is 2.81. The van der Waals surface area contributed by atoms with Gasteiger partial charge in [-0.1, -0.05) is 30.3 Å². The number of benzene rings is 2. The SMILES string of the molecule is CC(=O)c1cccc(NC(=O)COC(=O)[C@@H](C)Sc2ccccc2)c1. The lowest BCUT2D eigenvalue weighted by Gasteiger charge is -2.11. The van der Waals surface area contributed by atoms with Gasteiger partial charge in [0.1, 0.15) is 5.25 Å². The van der Waals surface area contributed by atoms with Gasteiger partial charge < -0.3 is 10.1 Å². The van der Waals surface area contributed by atoms with Gasteiger partial charge in [0.25, 0.3) is 5.91 Å². The molecule has 0 aliphatic carbocycles. The fourth-order valence-corrected chi connectivity index (χ4v) is 2.91. The fraction of sp³-hybridized carbons (Fsp3) is 0.211. The van der Waals surface area contributed by atoms with Gasteiger partial charge >= 0.3 is 5.97 Å². The smallest absolute Gasteiger partial charge is 0.319 e. The number of carbonyl (C=O) groups is 3. The molecular weight excluding hydrogens is 338 g/mol. The van der Waals surface area contributed by atoms with E-state index in [0.717, 1.165) is 4.90 Å². The molecule has 2 aromatic rings. The van der Waals surface area contributed by atoms with Crippen molar-refractivity contribution in [2.45, 2.75) is 24.0 Å². The second-order valence-electron chi connectivity index (χ2n) is 5.37. The third kappa shape index (κ3) is 6.08. The average Bonchev–Trinajstić information content (AvgIpc) is 2.60. The van der Waals surface area contributed by atoms with Crippen molar-refractivity contribution in [2.24, 2.45) is 0 Å². The fourth-order valence-electron chi connectivity index (χ4n) is 2.02. The van der Waals surface area contributed by atoms with E-state index in [1.54, 1.807) is 31.2 Å². The van der Waals surface area contributed by atoms with Crippen molar-refractivity contribution in [2.75, 3.05) is 11.9 Å². The molecule has 0 saturated heterocycles. The van der Waals surface area contributed by atoms with Crippen LogP contribution in [0.4, 0.5) is 5.69 Å². The molecule has 0 spiro atoms. The van der Waals surface area contributed by atoms with Crippen LogP contribution in [0.1, 0.15) is 24.2 Å². The number of nitrogens with one attached hydrogen (secondary N) is 1. The number of thioether (sulfide) groups is 1. The highest BCUT2D eigenvalue weighted by atomic mass is 32.2. The number of ether oxygens (including phenoxy) is 1. The molecule has 0 aromatic heterocycles. The van der Waals surface area contributed by atoms with Crippen LogP contribution in [0.25, 0.3) is 0 Å². The van der Waals surface area contributed by atoms with Gasteiger partial charge in [0.05, 0.1) is 0 Å². The van der Waals surface area contributed by atoms with Crippen LogP contribution in [0.3, 0.4) is 0 Å². The standard InChI is InChI=1S/C19H19NO4S/c1-13(21)15-7-6-8-16(11-15)20-18(22)12-24-19(23)14(2)25-17-9-4-3-5-10-17/h3-11,14H,12H2,1-2H3,(H,20,22)/t14-/m1/s1. The van der Waals surface area contributed by atoms with Gasteiger partial charge in [-0.2, -0.15) is 0 Å². The maximum absolute atomic E-state index is 12.0. The quantitative estimate of drug-likeness (QED) is 0.466. The van der Waals surface area contributed by atoms with Gasteiger partial charge in [-0.3, -0.25) is 14.4 Å². The Morgan fingerprint density at radius 1 is 1.08 bits per heavy atom. The molecule has 5 nitrogen and oxygen atoms in total. The Morgan fingerprint density at radius 2 is 1.80 bits per heavy atom. The minimum Gasteiger partial charge on any atom is -0.455 e. The summed E-state index contributed by atoms with van der Waals surface area (Å²) in [4.78, 5) is 36.2. The Morgan fingerprint density at radius 3 is 2.48 bits per heavy atom. The van der Waals surface area contributed by atoms with Gasteiger partial charge in [-0.25, -0.2) is 0 Å². The van der Waals surface area contributed by atoms with Crippen LogP contribution in [0.2, 0.25) is 0 Å². The Balaban J connectivity index is 1.82. The summed E-state index contributed by atoms with van der Waals surface area (Å²) in [6.07, 6.45) is 0. The Hall–Kier alpha value is -2.60. The van der Waals surface area contributed by atoms with E-state index in [-0.39, 0.29) is 12.4 Å². The molecule has 1 N–H and O–H groups in total. The highest BCUT2D eigenvalue weighted by molar-refractivity contribution is 8.00. The highest BCUT2D eigenvalue weighted by Crippen LogP contribution is 2.23. The zero-order chi connectivity index (χ0) is 18.2. The molecule has 0 radical (unpaired) electrons. The number of ketones is 1. The third-order valence-electron chi connectivity index (χ3n) is 3.29. The number of anilines is 1. The zero-order valence-electron chi connectivity index (χ0n) is 14.0. The Labute approximate surface area is 150 Å². The predicted molar refractivity (Wildman–Crippen MR) is 97.8 cm³/mol. The van der Waals surface area contributed by atoms with E-state index >= 15 is 0 Å². The molecule has 25 heavy (non-hydrogen) atoms. The first-order valence-electron chi connectivity index (χ1n) is 7.75. The first kappa shape index (κ1) is 18.7. The summed E-state index contributed by atoms with van der Waals surface area (Å²) in [5, 5.41) is 2.19. The first-order valence-corrected chi connectivity index (χ1v) is 8.63. The minimum atomic E-state index is -0.457. The summed E-state index contributed by atoms with van der Waals surface area (Å²) in [6, 6.07) is 16.1. The molecule has 0 bridgehead atoms. The topological polar surface area (TPSA) is 72.5 Å². The molecule has 130 valence electrons. The molecule has 0 fully saturated rings. The number of carbonyl (C=O) groups excluding carboxylic acids is 3. The number of Topliss-reactive ketones (excluding diaryl/α,β-unsaturated/α-hetero) is 1. The van der Waals surface area contributed by atoms with Crippen molar-refractivity contribution in [3.8, 4) is 0 Å². The number of esters is 1. The predicted octanol–water partition coefficient (Wildman–Crippen LogP) is 3.55. The van der Waals surface area contributed by atoms with Crippen molar-refractivity contribution in [1.82, 2.24) is 0 Å². The molecule has 0 heterocycles. The summed E-state index contributed by atoms with van der Waals surface area (Å²) in [5.41, 5.74) is 0.989. The van der Waals surface area contributed by atoms with E-state index in [9.17, 15) is 14.4 Å². The Kier molecular flexibility index (Phi) is 6.77. The molecule has 0 unspecified atom stereocenters. The molecule has 6 heteroatoms. The summed E-state index contributed by atoms with van der Waals surface area (Å²) in [5.74, 6) is -0.998. The third-order valence-corrected chi connectivity index (χ3v) is 4.38. The van der Waals surface area contributed by atoms with Crippen LogP contribution in [-0.4, -0.2) is 29.5 Å². The summed E-state index contributed by atoms with van der Waals surface area (Å²) < 4.78 is 5.05.